The van der Waals surface area contributed by atoms with Crippen LogP contribution in [0.5, 0.6) is 0 Å². The van der Waals surface area contributed by atoms with Gasteiger partial charge in [-0.1, -0.05) is 11.6 Å². The van der Waals surface area contributed by atoms with Crippen LogP contribution >= 0.6 is 24.0 Å². The Morgan fingerprint density at radius 3 is 2.50 bits per heavy atom. The van der Waals surface area contributed by atoms with Gasteiger partial charge in [-0.05, 0) is 31.5 Å². The van der Waals surface area contributed by atoms with E-state index in [-0.39, 0.29) is 30.3 Å². The van der Waals surface area contributed by atoms with E-state index in [9.17, 15) is 9.59 Å². The molecule has 0 aliphatic heterocycles. The molecule has 2 amide bonds. The highest BCUT2D eigenvalue weighted by molar-refractivity contribution is 6.31. The fourth-order valence-electron chi connectivity index (χ4n) is 1.49. The average Bonchev–Trinajstić information content (AvgIpc) is 2.29. The van der Waals surface area contributed by atoms with Gasteiger partial charge in [0.25, 0.3) is 0 Å². The van der Waals surface area contributed by atoms with Crippen molar-refractivity contribution in [2.45, 2.75) is 32.7 Å². The fraction of sp³-hybridized carbons (Fsp3) is 0.385. The van der Waals surface area contributed by atoms with E-state index in [4.69, 9.17) is 17.3 Å². The minimum atomic E-state index is -0.214. The molecule has 0 heterocycles. The molecule has 1 unspecified atom stereocenters. The Balaban J connectivity index is 0.00000361. The van der Waals surface area contributed by atoms with Crippen molar-refractivity contribution in [3.63, 3.8) is 0 Å². The highest BCUT2D eigenvalue weighted by Gasteiger charge is 2.09. The molecule has 5 nitrogen and oxygen atoms in total. The zero-order valence-corrected chi connectivity index (χ0v) is 13.0. The summed E-state index contributed by atoms with van der Waals surface area (Å²) in [5.74, 6) is -0.375. The fourth-order valence-corrected chi connectivity index (χ4v) is 1.66. The number of nitrogens with one attached hydrogen (secondary N) is 2. The summed E-state index contributed by atoms with van der Waals surface area (Å²) in [5, 5.41) is 5.84. The molecule has 0 saturated heterocycles. The second-order valence-electron chi connectivity index (χ2n) is 4.44. The van der Waals surface area contributed by atoms with Crippen LogP contribution < -0.4 is 16.4 Å². The molecule has 0 saturated carbocycles. The molecule has 1 atom stereocenters. The number of carbonyl (C=O) groups is 2. The summed E-state index contributed by atoms with van der Waals surface area (Å²) in [6.45, 7) is 3.24. The third-order valence-electron chi connectivity index (χ3n) is 2.39. The van der Waals surface area contributed by atoms with E-state index < -0.39 is 0 Å². The summed E-state index contributed by atoms with van der Waals surface area (Å²) in [7, 11) is 0. The van der Waals surface area contributed by atoms with Crippen molar-refractivity contribution in [1.29, 1.82) is 0 Å². The number of hydrogen-bond donors (Lipinski definition) is 3. The molecule has 0 radical (unpaired) electrons. The zero-order valence-electron chi connectivity index (χ0n) is 11.4. The summed E-state index contributed by atoms with van der Waals surface area (Å²) in [6, 6.07) is 4.85. The predicted octanol–water partition coefficient (Wildman–Crippen LogP) is 2.79. The number of benzene rings is 1. The number of nitrogens with two attached hydrogens (primary N) is 1. The third kappa shape index (κ3) is 6.75. The first kappa shape index (κ1) is 18.7. The van der Waals surface area contributed by atoms with Gasteiger partial charge in [-0.2, -0.15) is 0 Å². The summed E-state index contributed by atoms with van der Waals surface area (Å²) in [6.07, 6.45) is 0.922. The standard InChI is InChI=1S/C13H18ClN3O2.ClH/c1-8(15)3-6-13(19)17-12-7-10(14)4-5-11(12)16-9(2)18;/h4-5,7-8H,3,6,15H2,1-2H3,(H,16,18)(H,17,19);1H. The van der Waals surface area contributed by atoms with Crippen LogP contribution in [-0.4, -0.2) is 17.9 Å². The van der Waals surface area contributed by atoms with E-state index in [1.807, 2.05) is 6.92 Å². The average molecular weight is 320 g/mol. The van der Waals surface area contributed by atoms with E-state index in [1.165, 1.54) is 6.92 Å². The molecule has 112 valence electrons. The van der Waals surface area contributed by atoms with Gasteiger partial charge in [-0.3, -0.25) is 9.59 Å². The maximum atomic E-state index is 11.7. The molecule has 7 heteroatoms. The number of rotatable bonds is 5. The van der Waals surface area contributed by atoms with Gasteiger partial charge in [0.1, 0.15) is 0 Å². The Morgan fingerprint density at radius 1 is 1.30 bits per heavy atom. The second-order valence-corrected chi connectivity index (χ2v) is 4.87. The third-order valence-corrected chi connectivity index (χ3v) is 2.63. The minimum absolute atomic E-state index is 0. The molecule has 0 aromatic heterocycles. The second kappa shape index (κ2) is 8.79. The van der Waals surface area contributed by atoms with Gasteiger partial charge in [0.15, 0.2) is 0 Å². The first-order valence-corrected chi connectivity index (χ1v) is 6.39. The topological polar surface area (TPSA) is 84.2 Å². The number of anilines is 2. The highest BCUT2D eigenvalue weighted by Crippen LogP contribution is 2.26. The normalized spacial score (nSPS) is 11.2. The Kier molecular flexibility index (Phi) is 8.22. The van der Waals surface area contributed by atoms with Crippen LogP contribution in [0.25, 0.3) is 0 Å². The molecule has 0 fully saturated rings. The summed E-state index contributed by atoms with van der Waals surface area (Å²) < 4.78 is 0. The van der Waals surface area contributed by atoms with Crippen LogP contribution in [0.4, 0.5) is 11.4 Å². The van der Waals surface area contributed by atoms with Gasteiger partial charge in [0.2, 0.25) is 11.8 Å². The number of amides is 2. The van der Waals surface area contributed by atoms with Gasteiger partial charge in [0, 0.05) is 24.4 Å². The molecule has 0 bridgehead atoms. The lowest BCUT2D eigenvalue weighted by atomic mass is 10.2. The highest BCUT2D eigenvalue weighted by atomic mass is 35.5. The van der Waals surface area contributed by atoms with Gasteiger partial charge >= 0.3 is 0 Å². The maximum Gasteiger partial charge on any atom is 0.224 e. The van der Waals surface area contributed by atoms with Crippen LogP contribution in [0.3, 0.4) is 0 Å². The Labute approximate surface area is 129 Å². The van der Waals surface area contributed by atoms with Crippen LogP contribution in [0, 0.1) is 0 Å². The molecule has 20 heavy (non-hydrogen) atoms. The predicted molar refractivity (Wildman–Crippen MR) is 84.5 cm³/mol. The summed E-state index contributed by atoms with van der Waals surface area (Å²) in [5.41, 5.74) is 6.60. The monoisotopic (exact) mass is 319 g/mol. The molecular formula is C13H19Cl2N3O2. The van der Waals surface area contributed by atoms with E-state index in [1.54, 1.807) is 18.2 Å². The Bertz CT molecular complexity index is 479. The van der Waals surface area contributed by atoms with Crippen molar-refractivity contribution < 1.29 is 9.59 Å². The molecule has 1 rings (SSSR count). The van der Waals surface area contributed by atoms with Crippen molar-refractivity contribution in [1.82, 2.24) is 0 Å². The van der Waals surface area contributed by atoms with E-state index >= 15 is 0 Å². The lowest BCUT2D eigenvalue weighted by molar-refractivity contribution is -0.116. The first-order valence-electron chi connectivity index (χ1n) is 6.01. The molecule has 0 spiro atoms. The molecular weight excluding hydrogens is 301 g/mol. The largest absolute Gasteiger partial charge is 0.328 e. The van der Waals surface area contributed by atoms with E-state index in [2.05, 4.69) is 10.6 Å². The SMILES string of the molecule is CC(=O)Nc1ccc(Cl)cc1NC(=O)CCC(C)N.Cl. The van der Waals surface area contributed by atoms with Crippen molar-refractivity contribution >= 4 is 47.2 Å². The van der Waals surface area contributed by atoms with Crippen LogP contribution in [-0.2, 0) is 9.59 Å². The quantitative estimate of drug-likeness (QED) is 0.780. The zero-order chi connectivity index (χ0) is 14.4. The van der Waals surface area contributed by atoms with Crippen molar-refractivity contribution in [2.24, 2.45) is 5.73 Å². The van der Waals surface area contributed by atoms with E-state index in [0.29, 0.717) is 29.2 Å². The number of halogens is 2. The molecule has 0 aliphatic rings. The van der Waals surface area contributed by atoms with Gasteiger partial charge in [-0.25, -0.2) is 0 Å². The minimum Gasteiger partial charge on any atom is -0.328 e. The molecule has 1 aromatic rings. The van der Waals surface area contributed by atoms with Crippen molar-refractivity contribution in [3.8, 4) is 0 Å². The lowest BCUT2D eigenvalue weighted by Gasteiger charge is -2.12. The van der Waals surface area contributed by atoms with Gasteiger partial charge in [0.05, 0.1) is 11.4 Å². The van der Waals surface area contributed by atoms with Gasteiger partial charge < -0.3 is 16.4 Å². The van der Waals surface area contributed by atoms with Crippen molar-refractivity contribution in [2.75, 3.05) is 10.6 Å². The van der Waals surface area contributed by atoms with Crippen LogP contribution in [0.1, 0.15) is 26.7 Å². The Morgan fingerprint density at radius 2 is 1.95 bits per heavy atom. The molecule has 1 aromatic carbocycles. The Hall–Kier alpha value is -1.30. The number of hydrogen-bond acceptors (Lipinski definition) is 3. The summed E-state index contributed by atoms with van der Waals surface area (Å²) in [4.78, 5) is 22.8. The van der Waals surface area contributed by atoms with Crippen LogP contribution in [0.15, 0.2) is 18.2 Å². The molecule has 0 aliphatic carbocycles. The summed E-state index contributed by atoms with van der Waals surface area (Å²) >= 11 is 5.88. The maximum absolute atomic E-state index is 11.7. The lowest BCUT2D eigenvalue weighted by Crippen LogP contribution is -2.20. The van der Waals surface area contributed by atoms with Crippen molar-refractivity contribution in [3.05, 3.63) is 23.2 Å². The van der Waals surface area contributed by atoms with E-state index in [0.717, 1.165) is 0 Å². The smallest absolute Gasteiger partial charge is 0.224 e. The number of carbonyl (C=O) groups excluding carboxylic acids is 2. The van der Waals surface area contributed by atoms with Gasteiger partial charge in [-0.15, -0.1) is 12.4 Å². The molecule has 4 N–H and O–H groups in total. The van der Waals surface area contributed by atoms with Crippen LogP contribution in [0.2, 0.25) is 5.02 Å². The first-order chi connectivity index (χ1) is 8.88.